The average Bonchev–Trinajstić information content (AvgIpc) is 3.40. The van der Waals surface area contributed by atoms with Gasteiger partial charge in [0.2, 0.25) is 11.7 Å². The highest BCUT2D eigenvalue weighted by Crippen LogP contribution is 2.28. The molecule has 160 valence electrons. The van der Waals surface area contributed by atoms with Crippen molar-refractivity contribution < 1.29 is 9.26 Å². The summed E-state index contributed by atoms with van der Waals surface area (Å²) in [6.45, 7) is 5.83. The van der Waals surface area contributed by atoms with E-state index in [1.165, 1.54) is 12.8 Å². The van der Waals surface area contributed by atoms with Gasteiger partial charge in [0.1, 0.15) is 0 Å². The first-order valence-electron chi connectivity index (χ1n) is 9.81. The Morgan fingerprint density at radius 1 is 1.41 bits per heavy atom. The molecule has 0 bridgehead atoms. The summed E-state index contributed by atoms with van der Waals surface area (Å²) >= 11 is 6.02. The normalized spacial score (nSPS) is 13.8. The van der Waals surface area contributed by atoms with Crippen molar-refractivity contribution in [2.24, 2.45) is 10.9 Å². The third kappa shape index (κ3) is 8.10. The highest BCUT2D eigenvalue weighted by Gasteiger charge is 2.21. The van der Waals surface area contributed by atoms with E-state index in [0.717, 1.165) is 37.1 Å². The first-order valence-corrected chi connectivity index (χ1v) is 10.2. The fraction of sp³-hybridized carbons (Fsp3) is 0.550. The van der Waals surface area contributed by atoms with E-state index >= 15 is 0 Å². The zero-order chi connectivity index (χ0) is 19.8. The molecule has 1 fully saturated rings. The average molecular weight is 534 g/mol. The fourth-order valence-electron chi connectivity index (χ4n) is 2.67. The molecule has 1 aromatic carbocycles. The number of hydrogen-bond donors (Lipinski definition) is 1. The molecule has 1 N–H and O–H groups in total. The van der Waals surface area contributed by atoms with Crippen molar-refractivity contribution in [3.8, 4) is 11.4 Å². The monoisotopic (exact) mass is 533 g/mol. The third-order valence-corrected chi connectivity index (χ3v) is 4.69. The number of aromatic nitrogens is 2. The van der Waals surface area contributed by atoms with Crippen molar-refractivity contribution >= 4 is 41.5 Å². The molecule has 0 radical (unpaired) electrons. The van der Waals surface area contributed by atoms with Crippen LogP contribution in [0.1, 0.15) is 25.7 Å². The number of ether oxygens (including phenoxy) is 1. The maximum absolute atomic E-state index is 6.02. The van der Waals surface area contributed by atoms with Crippen LogP contribution < -0.4 is 5.32 Å². The molecule has 9 heteroatoms. The summed E-state index contributed by atoms with van der Waals surface area (Å²) in [6.07, 6.45) is 3.21. The van der Waals surface area contributed by atoms with Gasteiger partial charge < -0.3 is 19.5 Å². The number of benzene rings is 1. The summed E-state index contributed by atoms with van der Waals surface area (Å²) in [6, 6.07) is 7.40. The Morgan fingerprint density at radius 2 is 2.24 bits per heavy atom. The van der Waals surface area contributed by atoms with Crippen LogP contribution in [0.2, 0.25) is 5.02 Å². The minimum atomic E-state index is 0. The molecule has 0 atom stereocenters. The Bertz CT molecular complexity index is 782. The largest absolute Gasteiger partial charge is 0.379 e. The van der Waals surface area contributed by atoms with Gasteiger partial charge in [0, 0.05) is 43.8 Å². The van der Waals surface area contributed by atoms with Crippen LogP contribution in [0.25, 0.3) is 11.4 Å². The van der Waals surface area contributed by atoms with Gasteiger partial charge in [-0.15, -0.1) is 24.0 Å². The van der Waals surface area contributed by atoms with Gasteiger partial charge in [-0.25, -0.2) is 0 Å². The van der Waals surface area contributed by atoms with E-state index in [0.29, 0.717) is 36.3 Å². The lowest BCUT2D eigenvalue weighted by Gasteiger charge is -2.21. The number of guanidine groups is 1. The van der Waals surface area contributed by atoms with Crippen LogP contribution >= 0.6 is 35.6 Å². The summed E-state index contributed by atoms with van der Waals surface area (Å²) in [7, 11) is 2.02. The molecule has 2 aromatic rings. The predicted octanol–water partition coefficient (Wildman–Crippen LogP) is 3.87. The van der Waals surface area contributed by atoms with Crippen LogP contribution in [-0.2, 0) is 11.2 Å². The smallest absolute Gasteiger partial charge is 0.228 e. The van der Waals surface area contributed by atoms with E-state index < -0.39 is 0 Å². The molecule has 0 amide bonds. The molecule has 0 spiro atoms. The van der Waals surface area contributed by atoms with Gasteiger partial charge in [0.15, 0.2) is 5.96 Å². The fourth-order valence-corrected chi connectivity index (χ4v) is 2.86. The second-order valence-electron chi connectivity index (χ2n) is 6.95. The van der Waals surface area contributed by atoms with Crippen molar-refractivity contribution in [2.75, 3.05) is 39.9 Å². The van der Waals surface area contributed by atoms with E-state index in [1.54, 1.807) is 0 Å². The van der Waals surface area contributed by atoms with Crippen LogP contribution in [0.5, 0.6) is 0 Å². The molecular formula is C20H29ClIN5O2. The Balaban J connectivity index is 0.00000300. The molecule has 1 aliphatic carbocycles. The molecule has 1 aromatic heterocycles. The van der Waals surface area contributed by atoms with E-state index in [1.807, 2.05) is 31.3 Å². The Hall–Kier alpha value is -1.39. The summed E-state index contributed by atoms with van der Waals surface area (Å²) < 4.78 is 11.1. The third-order valence-electron chi connectivity index (χ3n) is 4.46. The minimum Gasteiger partial charge on any atom is -0.379 e. The van der Waals surface area contributed by atoms with Crippen LogP contribution in [0.3, 0.4) is 0 Å². The van der Waals surface area contributed by atoms with E-state index in [-0.39, 0.29) is 24.0 Å². The van der Waals surface area contributed by atoms with Crippen molar-refractivity contribution in [3.63, 3.8) is 0 Å². The number of hydrogen-bond acceptors (Lipinski definition) is 5. The van der Waals surface area contributed by atoms with Crippen LogP contribution in [0, 0.1) is 5.92 Å². The van der Waals surface area contributed by atoms with Gasteiger partial charge in [-0.3, -0.25) is 4.99 Å². The minimum absolute atomic E-state index is 0. The lowest BCUT2D eigenvalue weighted by Crippen LogP contribution is -2.40. The highest BCUT2D eigenvalue weighted by atomic mass is 127. The van der Waals surface area contributed by atoms with Crippen LogP contribution in [0.15, 0.2) is 33.8 Å². The molecule has 0 saturated heterocycles. The van der Waals surface area contributed by atoms with Gasteiger partial charge in [-0.1, -0.05) is 28.9 Å². The van der Waals surface area contributed by atoms with Crippen molar-refractivity contribution in [1.29, 1.82) is 0 Å². The molecule has 0 unspecified atom stereocenters. The summed E-state index contributed by atoms with van der Waals surface area (Å²) in [5.74, 6) is 2.74. The van der Waals surface area contributed by atoms with E-state index in [9.17, 15) is 0 Å². The lowest BCUT2D eigenvalue weighted by atomic mass is 10.2. The van der Waals surface area contributed by atoms with Gasteiger partial charge in [0.05, 0.1) is 13.2 Å². The number of nitrogens with one attached hydrogen (secondary N) is 1. The summed E-state index contributed by atoms with van der Waals surface area (Å²) in [4.78, 5) is 11.2. The molecule has 0 aliphatic heterocycles. The van der Waals surface area contributed by atoms with Crippen molar-refractivity contribution in [3.05, 3.63) is 35.2 Å². The maximum atomic E-state index is 6.02. The predicted molar refractivity (Wildman–Crippen MR) is 126 cm³/mol. The van der Waals surface area contributed by atoms with Crippen molar-refractivity contribution in [2.45, 2.75) is 26.2 Å². The number of halogens is 2. The quantitative estimate of drug-likeness (QED) is 0.216. The standard InChI is InChI=1S/C20H28ClN5O2.HI/c1-3-22-20(26(2)11-12-27-14-15-7-8-15)23-10-9-18-24-19(25-28-18)16-5-4-6-17(21)13-16;/h4-6,13,15H,3,7-12,14H2,1-2H3,(H,22,23);1H. The zero-order valence-electron chi connectivity index (χ0n) is 16.9. The molecule has 3 rings (SSSR count). The Labute approximate surface area is 194 Å². The van der Waals surface area contributed by atoms with E-state index in [2.05, 4.69) is 32.3 Å². The number of rotatable bonds is 10. The van der Waals surface area contributed by atoms with Crippen LogP contribution in [-0.4, -0.2) is 60.9 Å². The van der Waals surface area contributed by atoms with Crippen molar-refractivity contribution in [1.82, 2.24) is 20.4 Å². The SMILES string of the molecule is CCNC(=NCCc1nc(-c2cccc(Cl)c2)no1)N(C)CCOCC1CC1.I. The summed E-state index contributed by atoms with van der Waals surface area (Å²) in [5.41, 5.74) is 0.838. The number of aliphatic imine (C=N–C) groups is 1. The first kappa shape index (κ1) is 23.9. The van der Waals surface area contributed by atoms with Gasteiger partial charge in [-0.2, -0.15) is 4.98 Å². The molecule has 1 saturated carbocycles. The Kier molecular flexibility index (Phi) is 10.2. The molecule has 1 heterocycles. The lowest BCUT2D eigenvalue weighted by molar-refractivity contribution is 0.115. The number of nitrogens with zero attached hydrogens (tertiary/aromatic N) is 4. The van der Waals surface area contributed by atoms with Gasteiger partial charge >= 0.3 is 0 Å². The Morgan fingerprint density at radius 3 is 2.97 bits per heavy atom. The molecule has 29 heavy (non-hydrogen) atoms. The van der Waals surface area contributed by atoms with Crippen LogP contribution in [0.4, 0.5) is 0 Å². The second kappa shape index (κ2) is 12.3. The van der Waals surface area contributed by atoms with E-state index in [4.69, 9.17) is 20.9 Å². The zero-order valence-corrected chi connectivity index (χ0v) is 20.0. The number of likely N-dealkylation sites (N-methyl/N-ethyl adjacent to an activating group) is 1. The molecule has 7 nitrogen and oxygen atoms in total. The summed E-state index contributed by atoms with van der Waals surface area (Å²) in [5, 5.41) is 7.98. The van der Waals surface area contributed by atoms with Gasteiger partial charge in [0.25, 0.3) is 0 Å². The first-order chi connectivity index (χ1) is 13.7. The topological polar surface area (TPSA) is 75.8 Å². The maximum Gasteiger partial charge on any atom is 0.228 e. The van der Waals surface area contributed by atoms with Gasteiger partial charge in [-0.05, 0) is 37.8 Å². The molecular weight excluding hydrogens is 505 g/mol. The second-order valence-corrected chi connectivity index (χ2v) is 7.38. The molecule has 1 aliphatic rings. The highest BCUT2D eigenvalue weighted by molar-refractivity contribution is 14.0.